The maximum Gasteiger partial charge on any atom is 0.0438 e. The molecule has 1 heteroatoms. The van der Waals surface area contributed by atoms with Crippen LogP contribution >= 0.6 is 11.6 Å². The van der Waals surface area contributed by atoms with Gasteiger partial charge < -0.3 is 0 Å². The Hall–Kier alpha value is -0.750. The van der Waals surface area contributed by atoms with Crippen LogP contribution in [0.15, 0.2) is 24.3 Å². The van der Waals surface area contributed by atoms with Crippen LogP contribution in [0, 0.1) is 6.92 Å². The number of hydrogen-bond donors (Lipinski definition) is 0. The molecule has 0 radical (unpaired) electrons. The van der Waals surface area contributed by atoms with Crippen LogP contribution in [0.5, 0.6) is 0 Å². The molecule has 0 saturated carbocycles. The molecule has 0 atom stereocenters. The highest BCUT2D eigenvalue weighted by Crippen LogP contribution is 2.23. The van der Waals surface area contributed by atoms with Crippen molar-refractivity contribution >= 4 is 16.6 Å². The topological polar surface area (TPSA) is 0 Å². The number of rotatable bonds is 3. The van der Waals surface area contributed by atoms with E-state index in [1.54, 1.807) is 0 Å². The number of halogens is 1. The van der Waals surface area contributed by atoms with Crippen molar-refractivity contribution in [3.8, 4) is 0 Å². The molecule has 0 nitrogen and oxygen atoms in total. The van der Waals surface area contributed by atoms with Crippen molar-refractivity contribution in [2.24, 2.45) is 0 Å². The Morgan fingerprint density at radius 1 is 1.18 bits per heavy atom. The second kappa shape index (κ2) is 9.30. The van der Waals surface area contributed by atoms with Gasteiger partial charge in [-0.1, -0.05) is 69.5 Å². The lowest BCUT2D eigenvalue weighted by molar-refractivity contribution is 0.886. The van der Waals surface area contributed by atoms with Gasteiger partial charge in [0.15, 0.2) is 0 Å². The van der Waals surface area contributed by atoms with Gasteiger partial charge >= 0.3 is 0 Å². The van der Waals surface area contributed by atoms with Crippen LogP contribution in [0.1, 0.15) is 57.2 Å². The van der Waals surface area contributed by atoms with Gasteiger partial charge in [-0.05, 0) is 37.0 Å². The van der Waals surface area contributed by atoms with E-state index in [9.17, 15) is 0 Å². The van der Waals surface area contributed by atoms with Crippen LogP contribution in [0.4, 0.5) is 0 Å². The minimum absolute atomic E-state index is 0.841. The third-order valence-corrected chi connectivity index (χ3v) is 3.14. The standard InChI is InChI=1S/C12H15Cl.C4H10/c1-4-10-7-6-9(3)11(8-10)12(13)5-2;1-3-4-2/h5-8H,4H2,1-3H3;3-4H2,1-2H3/b12-5+;. The van der Waals surface area contributed by atoms with Gasteiger partial charge in [-0.3, -0.25) is 0 Å². The average Bonchev–Trinajstić information content (AvgIpc) is 2.38. The highest BCUT2D eigenvalue weighted by atomic mass is 35.5. The largest absolute Gasteiger partial charge is 0.0840 e. The van der Waals surface area contributed by atoms with Gasteiger partial charge in [0.1, 0.15) is 0 Å². The Bertz CT molecular complexity index is 349. The Morgan fingerprint density at radius 3 is 2.18 bits per heavy atom. The van der Waals surface area contributed by atoms with Crippen molar-refractivity contribution < 1.29 is 0 Å². The summed E-state index contributed by atoms with van der Waals surface area (Å²) in [4.78, 5) is 0. The van der Waals surface area contributed by atoms with Gasteiger partial charge in [0.05, 0.1) is 0 Å². The first-order valence-corrected chi connectivity index (χ1v) is 6.90. The van der Waals surface area contributed by atoms with E-state index < -0.39 is 0 Å². The first-order valence-electron chi connectivity index (χ1n) is 6.52. The third-order valence-electron chi connectivity index (χ3n) is 2.72. The lowest BCUT2D eigenvalue weighted by Gasteiger charge is -2.06. The zero-order valence-electron chi connectivity index (χ0n) is 11.8. The van der Waals surface area contributed by atoms with Gasteiger partial charge in [-0.2, -0.15) is 0 Å². The predicted octanol–water partition coefficient (Wildman–Crippen LogP) is 5.96. The summed E-state index contributed by atoms with van der Waals surface area (Å²) in [6.07, 6.45) is 5.63. The van der Waals surface area contributed by atoms with Gasteiger partial charge in [-0.25, -0.2) is 0 Å². The van der Waals surface area contributed by atoms with Crippen molar-refractivity contribution in [2.45, 2.75) is 53.9 Å². The number of aryl methyl sites for hydroxylation is 2. The SMILES string of the molecule is C/C=C(/Cl)c1cc(CC)ccc1C.CCCC. The first-order chi connectivity index (χ1) is 8.10. The van der Waals surface area contributed by atoms with E-state index in [0.717, 1.165) is 17.0 Å². The zero-order valence-corrected chi connectivity index (χ0v) is 12.6. The van der Waals surface area contributed by atoms with Gasteiger partial charge in [0.2, 0.25) is 0 Å². The molecule has 1 aromatic carbocycles. The summed E-state index contributed by atoms with van der Waals surface area (Å²) in [6, 6.07) is 6.44. The molecule has 0 aromatic heterocycles. The summed E-state index contributed by atoms with van der Waals surface area (Å²) >= 11 is 6.09. The molecule has 1 rings (SSSR count). The summed E-state index contributed by atoms with van der Waals surface area (Å²) in [5.74, 6) is 0. The minimum atomic E-state index is 0.841. The molecule has 0 N–H and O–H groups in total. The molecule has 0 heterocycles. The van der Waals surface area contributed by atoms with Crippen molar-refractivity contribution in [2.75, 3.05) is 0 Å². The maximum absolute atomic E-state index is 6.09. The van der Waals surface area contributed by atoms with E-state index in [4.69, 9.17) is 11.6 Å². The monoisotopic (exact) mass is 252 g/mol. The fraction of sp³-hybridized carbons (Fsp3) is 0.500. The fourth-order valence-electron chi connectivity index (χ4n) is 1.30. The van der Waals surface area contributed by atoms with Crippen LogP contribution in [0.25, 0.3) is 5.03 Å². The summed E-state index contributed by atoms with van der Waals surface area (Å²) in [6.45, 7) is 10.6. The Balaban J connectivity index is 0.000000557. The Kier molecular flexibility index (Phi) is 8.89. The number of allylic oxidation sites excluding steroid dienone is 1. The third kappa shape index (κ3) is 5.93. The van der Waals surface area contributed by atoms with Crippen molar-refractivity contribution in [3.63, 3.8) is 0 Å². The molecule has 0 saturated heterocycles. The van der Waals surface area contributed by atoms with Crippen molar-refractivity contribution in [1.82, 2.24) is 0 Å². The molecule has 0 aliphatic heterocycles. The maximum atomic E-state index is 6.09. The van der Waals surface area contributed by atoms with Gasteiger partial charge in [0, 0.05) is 5.03 Å². The molecule has 0 unspecified atom stereocenters. The van der Waals surface area contributed by atoms with E-state index in [-0.39, 0.29) is 0 Å². The molecule has 0 aliphatic carbocycles. The van der Waals surface area contributed by atoms with Gasteiger partial charge in [-0.15, -0.1) is 0 Å². The molecule has 0 spiro atoms. The minimum Gasteiger partial charge on any atom is -0.0840 e. The molecule has 96 valence electrons. The molecule has 0 amide bonds. The number of unbranched alkanes of at least 4 members (excludes halogenated alkanes) is 1. The second-order valence-corrected chi connectivity index (χ2v) is 4.55. The number of benzene rings is 1. The van der Waals surface area contributed by atoms with Crippen molar-refractivity contribution in [3.05, 3.63) is 41.0 Å². The summed E-state index contributed by atoms with van der Waals surface area (Å²) in [7, 11) is 0. The highest BCUT2D eigenvalue weighted by molar-refractivity contribution is 6.48. The molecule has 0 bridgehead atoms. The quantitative estimate of drug-likeness (QED) is 0.622. The zero-order chi connectivity index (χ0) is 13.3. The summed E-state index contributed by atoms with van der Waals surface area (Å²) in [5, 5.41) is 0.841. The molecule has 1 aromatic rings. The van der Waals surface area contributed by atoms with E-state index in [1.165, 1.54) is 24.0 Å². The van der Waals surface area contributed by atoms with Crippen LogP contribution < -0.4 is 0 Å². The Morgan fingerprint density at radius 2 is 1.76 bits per heavy atom. The second-order valence-electron chi connectivity index (χ2n) is 4.14. The molecular formula is C16H25Cl. The lowest BCUT2D eigenvalue weighted by atomic mass is 10.0. The van der Waals surface area contributed by atoms with E-state index in [1.807, 2.05) is 13.0 Å². The Labute approximate surface area is 112 Å². The van der Waals surface area contributed by atoms with Crippen LogP contribution in [-0.4, -0.2) is 0 Å². The summed E-state index contributed by atoms with van der Waals surface area (Å²) in [5.41, 5.74) is 3.73. The first kappa shape index (κ1) is 16.2. The van der Waals surface area contributed by atoms with E-state index in [0.29, 0.717) is 0 Å². The molecular weight excluding hydrogens is 228 g/mol. The van der Waals surface area contributed by atoms with Crippen LogP contribution in [0.3, 0.4) is 0 Å². The van der Waals surface area contributed by atoms with Crippen LogP contribution in [0.2, 0.25) is 0 Å². The van der Waals surface area contributed by atoms with E-state index >= 15 is 0 Å². The average molecular weight is 253 g/mol. The molecule has 17 heavy (non-hydrogen) atoms. The van der Waals surface area contributed by atoms with Crippen molar-refractivity contribution in [1.29, 1.82) is 0 Å². The normalized spacial score (nSPS) is 10.8. The molecule has 0 aliphatic rings. The number of hydrogen-bond acceptors (Lipinski definition) is 0. The highest BCUT2D eigenvalue weighted by Gasteiger charge is 2.02. The smallest absolute Gasteiger partial charge is 0.0438 e. The van der Waals surface area contributed by atoms with Gasteiger partial charge in [0.25, 0.3) is 0 Å². The molecule has 0 fully saturated rings. The lowest BCUT2D eigenvalue weighted by Crippen LogP contribution is -1.87. The fourth-order valence-corrected chi connectivity index (χ4v) is 1.51. The summed E-state index contributed by atoms with van der Waals surface area (Å²) < 4.78 is 0. The predicted molar refractivity (Wildman–Crippen MR) is 80.6 cm³/mol. The van der Waals surface area contributed by atoms with E-state index in [2.05, 4.69) is 45.9 Å². The van der Waals surface area contributed by atoms with Crippen LogP contribution in [-0.2, 0) is 6.42 Å².